The van der Waals surface area contributed by atoms with E-state index in [9.17, 15) is 9.59 Å². The van der Waals surface area contributed by atoms with Gasteiger partial charge in [0.1, 0.15) is 0 Å². The number of ether oxygens (including phenoxy) is 1. The highest BCUT2D eigenvalue weighted by molar-refractivity contribution is 5.81. The minimum atomic E-state index is -0.292. The number of hydrogen-bond donors (Lipinski definition) is 0. The van der Waals surface area contributed by atoms with Crippen LogP contribution in [0, 0.1) is 0 Å². The molecule has 1 aromatic rings. The molecule has 1 unspecified atom stereocenters. The van der Waals surface area contributed by atoms with E-state index in [1.165, 1.54) is 5.56 Å². The maximum absolute atomic E-state index is 12.0. The second kappa shape index (κ2) is 7.08. The average molecular weight is 275 g/mol. The molecule has 2 rings (SSSR count). The summed E-state index contributed by atoms with van der Waals surface area (Å²) in [6.07, 6.45) is 1.43. The Hall–Kier alpha value is -1.84. The number of carbonyl (C=O) groups excluding carboxylic acids is 2. The third kappa shape index (κ3) is 3.83. The van der Waals surface area contributed by atoms with Gasteiger partial charge < -0.3 is 9.64 Å². The van der Waals surface area contributed by atoms with Crippen molar-refractivity contribution in [1.29, 1.82) is 0 Å². The van der Waals surface area contributed by atoms with Gasteiger partial charge in [-0.15, -0.1) is 0 Å². The number of esters is 1. The standard InChI is InChI=1S/C16H21NO3/c1-2-20-16(19)9-8-15(18)17-11-10-14(12-17)13-6-4-3-5-7-13/h3-7,14H,2,8-12H2,1H3. The van der Waals surface area contributed by atoms with Crippen molar-refractivity contribution in [2.75, 3.05) is 19.7 Å². The molecule has 0 aliphatic carbocycles. The largest absolute Gasteiger partial charge is 0.466 e. The van der Waals surface area contributed by atoms with Crippen molar-refractivity contribution >= 4 is 11.9 Å². The Bertz CT molecular complexity index is 458. The minimum Gasteiger partial charge on any atom is -0.466 e. The number of rotatable bonds is 5. The molecule has 0 N–H and O–H groups in total. The van der Waals surface area contributed by atoms with Crippen molar-refractivity contribution in [2.45, 2.75) is 32.1 Å². The van der Waals surface area contributed by atoms with E-state index in [0.29, 0.717) is 12.5 Å². The van der Waals surface area contributed by atoms with Crippen LogP contribution >= 0.6 is 0 Å². The van der Waals surface area contributed by atoms with Crippen LogP contribution in [0.4, 0.5) is 0 Å². The lowest BCUT2D eigenvalue weighted by molar-refractivity contribution is -0.145. The summed E-state index contributed by atoms with van der Waals surface area (Å²) in [5.74, 6) is 0.180. The van der Waals surface area contributed by atoms with Crippen molar-refractivity contribution in [3.05, 3.63) is 35.9 Å². The lowest BCUT2D eigenvalue weighted by Crippen LogP contribution is -2.28. The molecule has 1 aliphatic heterocycles. The Balaban J connectivity index is 1.80. The van der Waals surface area contributed by atoms with Gasteiger partial charge in [0, 0.05) is 25.4 Å². The van der Waals surface area contributed by atoms with Crippen LogP contribution in [0.25, 0.3) is 0 Å². The number of carbonyl (C=O) groups is 2. The first-order chi connectivity index (χ1) is 9.70. The summed E-state index contributed by atoms with van der Waals surface area (Å²) in [5, 5.41) is 0. The summed E-state index contributed by atoms with van der Waals surface area (Å²) >= 11 is 0. The highest BCUT2D eigenvalue weighted by atomic mass is 16.5. The van der Waals surface area contributed by atoms with Crippen LogP contribution < -0.4 is 0 Å². The monoisotopic (exact) mass is 275 g/mol. The van der Waals surface area contributed by atoms with Gasteiger partial charge in [-0.2, -0.15) is 0 Å². The molecular formula is C16H21NO3. The second-order valence-electron chi connectivity index (χ2n) is 5.04. The minimum absolute atomic E-state index is 0.0523. The molecule has 1 amide bonds. The topological polar surface area (TPSA) is 46.6 Å². The Morgan fingerprint density at radius 2 is 2.00 bits per heavy atom. The van der Waals surface area contributed by atoms with Gasteiger partial charge in [-0.3, -0.25) is 9.59 Å². The zero-order valence-corrected chi connectivity index (χ0v) is 11.9. The van der Waals surface area contributed by atoms with Gasteiger partial charge in [-0.1, -0.05) is 30.3 Å². The van der Waals surface area contributed by atoms with Crippen LogP contribution in [-0.4, -0.2) is 36.5 Å². The summed E-state index contributed by atoms with van der Waals surface area (Å²) in [7, 11) is 0. The molecule has 0 radical (unpaired) electrons. The molecule has 0 saturated carbocycles. The van der Waals surface area contributed by atoms with Gasteiger partial charge in [0.05, 0.1) is 13.0 Å². The maximum Gasteiger partial charge on any atom is 0.306 e. The highest BCUT2D eigenvalue weighted by Gasteiger charge is 2.27. The van der Waals surface area contributed by atoms with Crippen molar-refractivity contribution in [3.8, 4) is 0 Å². The molecule has 20 heavy (non-hydrogen) atoms. The molecule has 1 fully saturated rings. The average Bonchev–Trinajstić information content (AvgIpc) is 2.96. The summed E-state index contributed by atoms with van der Waals surface area (Å²) < 4.78 is 4.84. The Kier molecular flexibility index (Phi) is 5.16. The molecule has 1 saturated heterocycles. The second-order valence-corrected chi connectivity index (χ2v) is 5.04. The van der Waals surface area contributed by atoms with E-state index in [2.05, 4.69) is 12.1 Å². The van der Waals surface area contributed by atoms with Gasteiger partial charge in [-0.05, 0) is 18.9 Å². The van der Waals surface area contributed by atoms with Crippen LogP contribution in [0.2, 0.25) is 0 Å². The summed E-state index contributed by atoms with van der Waals surface area (Å²) in [6.45, 7) is 3.67. The molecule has 0 bridgehead atoms. The maximum atomic E-state index is 12.0. The van der Waals surface area contributed by atoms with E-state index < -0.39 is 0 Å². The van der Waals surface area contributed by atoms with Gasteiger partial charge in [0.15, 0.2) is 0 Å². The highest BCUT2D eigenvalue weighted by Crippen LogP contribution is 2.27. The first-order valence-electron chi connectivity index (χ1n) is 7.19. The molecule has 4 heteroatoms. The normalized spacial score (nSPS) is 18.1. The van der Waals surface area contributed by atoms with Gasteiger partial charge in [0.2, 0.25) is 5.91 Å². The van der Waals surface area contributed by atoms with E-state index in [0.717, 1.165) is 19.5 Å². The van der Waals surface area contributed by atoms with Crippen LogP contribution in [0.15, 0.2) is 30.3 Å². The van der Waals surface area contributed by atoms with Gasteiger partial charge >= 0.3 is 5.97 Å². The van der Waals surface area contributed by atoms with Crippen LogP contribution in [0.3, 0.4) is 0 Å². The van der Waals surface area contributed by atoms with Crippen molar-refractivity contribution in [2.24, 2.45) is 0 Å². The predicted molar refractivity (Wildman–Crippen MR) is 76.2 cm³/mol. The molecular weight excluding hydrogens is 254 g/mol. The molecule has 0 aromatic heterocycles. The molecule has 108 valence electrons. The number of likely N-dealkylation sites (tertiary alicyclic amines) is 1. The Morgan fingerprint density at radius 1 is 1.25 bits per heavy atom. The number of amides is 1. The number of nitrogens with zero attached hydrogens (tertiary/aromatic N) is 1. The summed E-state index contributed by atoms with van der Waals surface area (Å²) in [5.41, 5.74) is 1.29. The van der Waals surface area contributed by atoms with Crippen LogP contribution in [0.1, 0.15) is 37.7 Å². The van der Waals surface area contributed by atoms with Crippen LogP contribution in [-0.2, 0) is 14.3 Å². The van der Waals surface area contributed by atoms with Crippen LogP contribution in [0.5, 0.6) is 0 Å². The zero-order chi connectivity index (χ0) is 14.4. The number of benzene rings is 1. The van der Waals surface area contributed by atoms with Crippen molar-refractivity contribution in [1.82, 2.24) is 4.90 Å². The Morgan fingerprint density at radius 3 is 2.70 bits per heavy atom. The summed E-state index contributed by atoms with van der Waals surface area (Å²) in [4.78, 5) is 25.2. The van der Waals surface area contributed by atoms with Crippen molar-refractivity contribution < 1.29 is 14.3 Å². The lowest BCUT2D eigenvalue weighted by Gasteiger charge is -2.16. The fraction of sp³-hybridized carbons (Fsp3) is 0.500. The van der Waals surface area contributed by atoms with Crippen molar-refractivity contribution in [3.63, 3.8) is 0 Å². The molecule has 1 aromatic carbocycles. The van der Waals surface area contributed by atoms with E-state index in [1.807, 2.05) is 23.1 Å². The Labute approximate surface area is 119 Å². The van der Waals surface area contributed by atoms with E-state index >= 15 is 0 Å². The lowest BCUT2D eigenvalue weighted by atomic mass is 9.99. The van der Waals surface area contributed by atoms with E-state index in [4.69, 9.17) is 4.74 Å². The smallest absolute Gasteiger partial charge is 0.306 e. The molecule has 1 aliphatic rings. The van der Waals surface area contributed by atoms with Gasteiger partial charge in [-0.25, -0.2) is 0 Å². The summed E-state index contributed by atoms with van der Waals surface area (Å²) in [6, 6.07) is 10.3. The first kappa shape index (κ1) is 14.6. The zero-order valence-electron chi connectivity index (χ0n) is 11.9. The first-order valence-corrected chi connectivity index (χ1v) is 7.19. The van der Waals surface area contributed by atoms with E-state index in [1.54, 1.807) is 6.92 Å². The number of hydrogen-bond acceptors (Lipinski definition) is 3. The third-order valence-corrected chi connectivity index (χ3v) is 3.66. The quantitative estimate of drug-likeness (QED) is 0.775. The fourth-order valence-corrected chi connectivity index (χ4v) is 2.58. The molecule has 1 atom stereocenters. The molecule has 1 heterocycles. The van der Waals surface area contributed by atoms with E-state index in [-0.39, 0.29) is 24.7 Å². The SMILES string of the molecule is CCOC(=O)CCC(=O)N1CCC(c2ccccc2)C1. The fourth-order valence-electron chi connectivity index (χ4n) is 2.58. The predicted octanol–water partition coefficient (Wildman–Crippen LogP) is 2.35. The molecule has 4 nitrogen and oxygen atoms in total. The van der Waals surface area contributed by atoms with Gasteiger partial charge in [0.25, 0.3) is 0 Å². The third-order valence-electron chi connectivity index (χ3n) is 3.66. The molecule has 0 spiro atoms.